The van der Waals surface area contributed by atoms with Crippen molar-refractivity contribution in [2.24, 2.45) is 16.2 Å². The Bertz CT molecular complexity index is 1150. The second-order valence-corrected chi connectivity index (χ2v) is 12.6. The Hall–Kier alpha value is -2.87. The van der Waals surface area contributed by atoms with Gasteiger partial charge in [0.15, 0.2) is 5.78 Å². The number of likely N-dealkylation sites (tertiary alicyclic amines) is 1. The number of hydrogen-bond acceptors (Lipinski definition) is 4. The molecule has 3 rings (SSSR count). The molecule has 1 aliphatic carbocycles. The first kappa shape index (κ1) is 27.7. The molecular weight excluding hydrogens is 450 g/mol. The molecule has 5 nitrogen and oxygen atoms in total. The number of carbonyl (C=O) groups excluding carboxylic acids is 3. The van der Waals surface area contributed by atoms with Crippen molar-refractivity contribution in [2.75, 3.05) is 13.1 Å². The van der Waals surface area contributed by atoms with E-state index in [0.29, 0.717) is 50.1 Å². The number of Topliss-reactive ketones (excluding diaryl/α,β-unsaturated/α-hetero) is 1. The molecule has 194 valence electrons. The zero-order valence-electron chi connectivity index (χ0n) is 23.5. The number of hydrogen-bond donors (Lipinski definition) is 0. The lowest BCUT2D eigenvalue weighted by Crippen LogP contribution is -2.48. The van der Waals surface area contributed by atoms with Gasteiger partial charge >= 0.3 is 5.97 Å². The number of carbonyl (C=O) groups is 3. The van der Waals surface area contributed by atoms with Crippen molar-refractivity contribution in [3.63, 3.8) is 0 Å². The fourth-order valence-electron chi connectivity index (χ4n) is 5.29. The van der Waals surface area contributed by atoms with Gasteiger partial charge in [-0.25, -0.2) is 0 Å². The molecule has 1 heterocycles. The largest absolute Gasteiger partial charge is 0.430 e. The van der Waals surface area contributed by atoms with E-state index in [-0.39, 0.29) is 23.1 Å². The van der Waals surface area contributed by atoms with E-state index in [1.807, 2.05) is 72.4 Å². The highest BCUT2D eigenvalue weighted by Gasteiger charge is 2.46. The van der Waals surface area contributed by atoms with Crippen molar-refractivity contribution in [3.05, 3.63) is 40.1 Å². The first-order valence-corrected chi connectivity index (χ1v) is 12.9. The highest BCUT2D eigenvalue weighted by Crippen LogP contribution is 2.49. The number of allylic oxidation sites excluding steroid dienone is 2. The Balaban J connectivity index is 2.04. The van der Waals surface area contributed by atoms with Gasteiger partial charge in [-0.15, -0.1) is 5.92 Å². The number of esters is 1. The minimum atomic E-state index is -0.696. The third-order valence-corrected chi connectivity index (χ3v) is 7.26. The summed E-state index contributed by atoms with van der Waals surface area (Å²) in [6.45, 7) is 18.3. The third kappa shape index (κ3) is 5.75. The van der Waals surface area contributed by atoms with Crippen LogP contribution in [0, 0.1) is 41.9 Å². The Morgan fingerprint density at radius 1 is 0.944 bits per heavy atom. The highest BCUT2D eigenvalue weighted by atomic mass is 16.5. The van der Waals surface area contributed by atoms with E-state index < -0.39 is 10.8 Å². The summed E-state index contributed by atoms with van der Waals surface area (Å²) < 4.78 is 6.05. The molecule has 0 bridgehead atoms. The lowest BCUT2D eigenvalue weighted by atomic mass is 9.66. The van der Waals surface area contributed by atoms with Gasteiger partial charge in [-0.1, -0.05) is 26.7 Å². The average Bonchev–Trinajstić information content (AvgIpc) is 2.74. The number of amides is 1. The van der Waals surface area contributed by atoms with Gasteiger partial charge < -0.3 is 9.64 Å². The van der Waals surface area contributed by atoms with Gasteiger partial charge in [-0.3, -0.25) is 14.4 Å². The van der Waals surface area contributed by atoms with Crippen LogP contribution >= 0.6 is 0 Å². The first-order valence-electron chi connectivity index (χ1n) is 12.9. The molecule has 1 amide bonds. The molecule has 0 radical (unpaired) electrons. The molecule has 0 unspecified atom stereocenters. The van der Waals surface area contributed by atoms with E-state index >= 15 is 0 Å². The molecule has 0 atom stereocenters. The molecule has 1 spiro atoms. The van der Waals surface area contributed by atoms with Gasteiger partial charge in [0, 0.05) is 36.9 Å². The molecule has 0 saturated carbocycles. The van der Waals surface area contributed by atoms with E-state index in [2.05, 4.69) is 11.8 Å². The van der Waals surface area contributed by atoms with Crippen molar-refractivity contribution in [3.8, 4) is 11.8 Å². The van der Waals surface area contributed by atoms with Crippen LogP contribution in [0.5, 0.6) is 0 Å². The molecule has 0 aromatic heterocycles. The molecule has 1 aliphatic heterocycles. The average molecular weight is 492 g/mol. The van der Waals surface area contributed by atoms with Gasteiger partial charge in [0.25, 0.3) is 0 Å². The van der Waals surface area contributed by atoms with E-state index in [4.69, 9.17) is 4.74 Å². The van der Waals surface area contributed by atoms with Gasteiger partial charge in [-0.2, -0.15) is 0 Å². The summed E-state index contributed by atoms with van der Waals surface area (Å²) in [7, 11) is 0. The quantitative estimate of drug-likeness (QED) is 0.376. The monoisotopic (exact) mass is 491 g/mol. The number of aryl methyl sites for hydroxylation is 2. The van der Waals surface area contributed by atoms with Crippen LogP contribution in [0.2, 0.25) is 0 Å². The summed E-state index contributed by atoms with van der Waals surface area (Å²) in [5.74, 6) is 6.30. The summed E-state index contributed by atoms with van der Waals surface area (Å²) in [4.78, 5) is 41.6. The van der Waals surface area contributed by atoms with Crippen molar-refractivity contribution in [1.29, 1.82) is 0 Å². The van der Waals surface area contributed by atoms with E-state index in [9.17, 15) is 14.4 Å². The van der Waals surface area contributed by atoms with Crippen molar-refractivity contribution in [2.45, 2.75) is 88.0 Å². The number of rotatable bonds is 2. The summed E-state index contributed by atoms with van der Waals surface area (Å²) in [6.07, 6.45) is 2.34. The summed E-state index contributed by atoms with van der Waals surface area (Å²) in [5, 5.41) is 0. The van der Waals surface area contributed by atoms with E-state index in [1.54, 1.807) is 6.92 Å². The molecule has 1 aromatic rings. The van der Waals surface area contributed by atoms with Gasteiger partial charge in [0.1, 0.15) is 5.76 Å². The van der Waals surface area contributed by atoms with Crippen LogP contribution in [0.3, 0.4) is 0 Å². The molecule has 1 aromatic carbocycles. The van der Waals surface area contributed by atoms with Crippen LogP contribution in [-0.4, -0.2) is 35.6 Å². The standard InChI is InChI=1S/C31H41NO4/c1-10-11-22-16-20(2)25(21(3)17-22)26-23(33)18-31(19-24(26)36-28(35)30(7,8)9)12-14-32(15-13-31)27(34)29(4,5)6/h16-17H,12-15,18-19H2,1-9H3. The molecule has 36 heavy (non-hydrogen) atoms. The minimum Gasteiger partial charge on any atom is -0.430 e. The first-order chi connectivity index (χ1) is 16.6. The Morgan fingerprint density at radius 3 is 1.97 bits per heavy atom. The van der Waals surface area contributed by atoms with Crippen molar-refractivity contribution in [1.82, 2.24) is 4.90 Å². The maximum Gasteiger partial charge on any atom is 0.316 e. The third-order valence-electron chi connectivity index (χ3n) is 7.26. The van der Waals surface area contributed by atoms with Crippen LogP contribution in [0.25, 0.3) is 5.57 Å². The van der Waals surface area contributed by atoms with Crippen molar-refractivity contribution >= 4 is 23.2 Å². The fourth-order valence-corrected chi connectivity index (χ4v) is 5.29. The van der Waals surface area contributed by atoms with E-state index in [0.717, 1.165) is 22.3 Å². The number of ether oxygens (including phenoxy) is 1. The SMILES string of the molecule is CC#Cc1cc(C)c(C2=C(OC(=O)C(C)(C)C)CC3(CCN(C(=O)C(C)(C)C)CC3)CC2=O)c(C)c1. The normalized spacial score (nSPS) is 18.1. The zero-order chi connectivity index (χ0) is 27.1. The van der Waals surface area contributed by atoms with Crippen molar-refractivity contribution < 1.29 is 19.1 Å². The lowest BCUT2D eigenvalue weighted by molar-refractivity contribution is -0.149. The fraction of sp³-hybridized carbons (Fsp3) is 0.581. The van der Waals surface area contributed by atoms with Crippen LogP contribution in [0.15, 0.2) is 17.9 Å². The maximum atomic E-state index is 13.8. The molecule has 5 heteroatoms. The molecular formula is C31H41NO4. The number of ketones is 1. The van der Waals surface area contributed by atoms with Crippen LogP contribution in [0.1, 0.15) is 96.4 Å². The zero-order valence-corrected chi connectivity index (χ0v) is 23.5. The second kappa shape index (κ2) is 9.88. The molecule has 1 saturated heterocycles. The summed E-state index contributed by atoms with van der Waals surface area (Å²) in [6, 6.07) is 3.98. The Morgan fingerprint density at radius 2 is 1.50 bits per heavy atom. The highest BCUT2D eigenvalue weighted by molar-refractivity contribution is 6.23. The van der Waals surface area contributed by atoms with Gasteiger partial charge in [-0.05, 0) is 88.6 Å². The van der Waals surface area contributed by atoms with Crippen LogP contribution < -0.4 is 0 Å². The number of nitrogens with zero attached hydrogens (tertiary/aromatic N) is 1. The minimum absolute atomic E-state index is 0.00841. The molecule has 0 N–H and O–H groups in total. The molecule has 1 fully saturated rings. The predicted octanol–water partition coefficient (Wildman–Crippen LogP) is 5.99. The lowest BCUT2D eigenvalue weighted by Gasteiger charge is -2.45. The maximum absolute atomic E-state index is 13.8. The van der Waals surface area contributed by atoms with Gasteiger partial charge in [0.2, 0.25) is 5.91 Å². The summed E-state index contributed by atoms with van der Waals surface area (Å²) >= 11 is 0. The number of piperidine rings is 1. The Labute approximate surface area is 216 Å². The van der Waals surface area contributed by atoms with Crippen LogP contribution in [-0.2, 0) is 19.1 Å². The summed E-state index contributed by atoms with van der Waals surface area (Å²) in [5.41, 5.74) is 2.73. The smallest absolute Gasteiger partial charge is 0.316 e. The van der Waals surface area contributed by atoms with Crippen LogP contribution in [0.4, 0.5) is 0 Å². The van der Waals surface area contributed by atoms with Gasteiger partial charge in [0.05, 0.1) is 11.0 Å². The molecule has 2 aliphatic rings. The second-order valence-electron chi connectivity index (χ2n) is 12.6. The Kier molecular flexibility index (Phi) is 7.61. The van der Waals surface area contributed by atoms with E-state index in [1.165, 1.54) is 0 Å². The topological polar surface area (TPSA) is 63.7 Å². The predicted molar refractivity (Wildman–Crippen MR) is 143 cm³/mol. The number of benzene rings is 1.